The van der Waals surface area contributed by atoms with Gasteiger partial charge in [-0.15, -0.1) is 0 Å². The highest BCUT2D eigenvalue weighted by atomic mass is 16.7. The van der Waals surface area contributed by atoms with Crippen LogP contribution in [-0.4, -0.2) is 31.8 Å². The fourth-order valence-electron chi connectivity index (χ4n) is 2.80. The zero-order valence-electron chi connectivity index (χ0n) is 12.8. The van der Waals surface area contributed by atoms with E-state index in [0.29, 0.717) is 26.2 Å². The van der Waals surface area contributed by atoms with Crippen molar-refractivity contribution in [3.05, 3.63) is 35.4 Å². The van der Waals surface area contributed by atoms with Crippen molar-refractivity contribution < 1.29 is 19.0 Å². The highest BCUT2D eigenvalue weighted by Crippen LogP contribution is 2.23. The molecule has 5 nitrogen and oxygen atoms in total. The fraction of sp³-hybridized carbons (Fsp3) is 0.588. The van der Waals surface area contributed by atoms with E-state index in [0.717, 1.165) is 37.0 Å². The minimum Gasteiger partial charge on any atom is -0.378 e. The summed E-state index contributed by atoms with van der Waals surface area (Å²) in [7, 11) is 0. The van der Waals surface area contributed by atoms with Gasteiger partial charge in [0.15, 0.2) is 6.29 Å². The molecular formula is C17H23NO4. The molecule has 120 valence electrons. The van der Waals surface area contributed by atoms with Crippen LogP contribution in [0.5, 0.6) is 0 Å². The SMILES string of the molecule is O=C(CCC1CCCO1)NCc1ccc(C2OCCO2)cc1. The van der Waals surface area contributed by atoms with Crippen LogP contribution in [0.15, 0.2) is 24.3 Å². The molecule has 1 aromatic carbocycles. The second-order valence-corrected chi connectivity index (χ2v) is 5.77. The van der Waals surface area contributed by atoms with E-state index in [1.807, 2.05) is 24.3 Å². The van der Waals surface area contributed by atoms with Crippen LogP contribution in [0, 0.1) is 0 Å². The summed E-state index contributed by atoms with van der Waals surface area (Å²) < 4.78 is 16.4. The number of hydrogen-bond donors (Lipinski definition) is 1. The highest BCUT2D eigenvalue weighted by molar-refractivity contribution is 5.75. The number of benzene rings is 1. The maximum Gasteiger partial charge on any atom is 0.220 e. The van der Waals surface area contributed by atoms with Gasteiger partial charge in [-0.1, -0.05) is 24.3 Å². The molecule has 0 saturated carbocycles. The summed E-state index contributed by atoms with van der Waals surface area (Å²) in [4.78, 5) is 11.8. The smallest absolute Gasteiger partial charge is 0.220 e. The summed E-state index contributed by atoms with van der Waals surface area (Å²) >= 11 is 0. The Balaban J connectivity index is 1.39. The van der Waals surface area contributed by atoms with Crippen LogP contribution in [0.2, 0.25) is 0 Å². The Kier molecular flexibility index (Phi) is 5.43. The molecule has 0 aliphatic carbocycles. The number of carbonyl (C=O) groups excluding carboxylic acids is 1. The summed E-state index contributed by atoms with van der Waals surface area (Å²) in [5.74, 6) is 0.0852. The van der Waals surface area contributed by atoms with E-state index in [-0.39, 0.29) is 18.3 Å². The van der Waals surface area contributed by atoms with Gasteiger partial charge in [0.2, 0.25) is 5.91 Å². The zero-order chi connectivity index (χ0) is 15.2. The maximum absolute atomic E-state index is 11.8. The Morgan fingerprint density at radius 1 is 1.09 bits per heavy atom. The van der Waals surface area contributed by atoms with E-state index in [1.54, 1.807) is 0 Å². The van der Waals surface area contributed by atoms with Crippen LogP contribution in [0.3, 0.4) is 0 Å². The minimum absolute atomic E-state index is 0.0852. The van der Waals surface area contributed by atoms with Crippen LogP contribution in [0.1, 0.15) is 43.1 Å². The number of amides is 1. The lowest BCUT2D eigenvalue weighted by molar-refractivity contribution is -0.121. The molecule has 2 heterocycles. The number of hydrogen-bond acceptors (Lipinski definition) is 4. The third-order valence-electron chi connectivity index (χ3n) is 4.08. The van der Waals surface area contributed by atoms with Crippen LogP contribution >= 0.6 is 0 Å². The van der Waals surface area contributed by atoms with Crippen molar-refractivity contribution >= 4 is 5.91 Å². The Bertz CT molecular complexity index is 476. The van der Waals surface area contributed by atoms with Crippen molar-refractivity contribution in [3.8, 4) is 0 Å². The topological polar surface area (TPSA) is 56.8 Å². The molecule has 22 heavy (non-hydrogen) atoms. The lowest BCUT2D eigenvalue weighted by Gasteiger charge is -2.11. The van der Waals surface area contributed by atoms with Crippen LogP contribution in [0.25, 0.3) is 0 Å². The third kappa shape index (κ3) is 4.29. The maximum atomic E-state index is 11.8. The number of ether oxygens (including phenoxy) is 3. The molecule has 1 N–H and O–H groups in total. The molecule has 5 heteroatoms. The molecule has 2 fully saturated rings. The summed E-state index contributed by atoms with van der Waals surface area (Å²) in [6.45, 7) is 2.68. The van der Waals surface area contributed by atoms with Crippen molar-refractivity contribution in [2.45, 2.75) is 44.6 Å². The molecule has 1 aromatic rings. The molecule has 1 atom stereocenters. The molecule has 1 unspecified atom stereocenters. The predicted octanol–water partition coefficient (Wildman–Crippen LogP) is 2.31. The molecule has 0 radical (unpaired) electrons. The van der Waals surface area contributed by atoms with Crippen molar-refractivity contribution in [2.24, 2.45) is 0 Å². The van der Waals surface area contributed by atoms with Gasteiger partial charge < -0.3 is 19.5 Å². The van der Waals surface area contributed by atoms with E-state index in [4.69, 9.17) is 14.2 Å². The van der Waals surface area contributed by atoms with Crippen molar-refractivity contribution in [2.75, 3.05) is 19.8 Å². The molecule has 2 aliphatic rings. The summed E-state index contributed by atoms with van der Waals surface area (Å²) in [6.07, 6.45) is 3.59. The van der Waals surface area contributed by atoms with Gasteiger partial charge in [-0.3, -0.25) is 4.79 Å². The van der Waals surface area contributed by atoms with Gasteiger partial charge >= 0.3 is 0 Å². The largest absolute Gasteiger partial charge is 0.378 e. The van der Waals surface area contributed by atoms with E-state index in [1.165, 1.54) is 0 Å². The van der Waals surface area contributed by atoms with E-state index in [2.05, 4.69) is 5.32 Å². The van der Waals surface area contributed by atoms with Gasteiger partial charge in [-0.2, -0.15) is 0 Å². The first-order valence-corrected chi connectivity index (χ1v) is 8.01. The van der Waals surface area contributed by atoms with Crippen molar-refractivity contribution in [3.63, 3.8) is 0 Å². The lowest BCUT2D eigenvalue weighted by atomic mass is 10.1. The third-order valence-corrected chi connectivity index (χ3v) is 4.08. The second kappa shape index (κ2) is 7.72. The van der Waals surface area contributed by atoms with Gasteiger partial charge in [0, 0.05) is 25.1 Å². The monoisotopic (exact) mass is 305 g/mol. The van der Waals surface area contributed by atoms with E-state index in [9.17, 15) is 4.79 Å². The molecule has 2 aliphatic heterocycles. The normalized spacial score (nSPS) is 22.1. The molecule has 2 saturated heterocycles. The average molecular weight is 305 g/mol. The van der Waals surface area contributed by atoms with Crippen LogP contribution in [-0.2, 0) is 25.5 Å². The summed E-state index contributed by atoms with van der Waals surface area (Å²) in [5.41, 5.74) is 2.10. The second-order valence-electron chi connectivity index (χ2n) is 5.77. The Labute approximate surface area is 130 Å². The fourth-order valence-corrected chi connectivity index (χ4v) is 2.80. The van der Waals surface area contributed by atoms with Gasteiger partial charge in [-0.25, -0.2) is 0 Å². The van der Waals surface area contributed by atoms with Crippen molar-refractivity contribution in [1.29, 1.82) is 0 Å². The summed E-state index contributed by atoms with van der Waals surface area (Å²) in [6, 6.07) is 7.98. The molecule has 0 aromatic heterocycles. The van der Waals surface area contributed by atoms with Gasteiger partial charge in [0.1, 0.15) is 0 Å². The summed E-state index contributed by atoms with van der Waals surface area (Å²) in [5, 5.41) is 2.95. The Morgan fingerprint density at radius 2 is 1.86 bits per heavy atom. The highest BCUT2D eigenvalue weighted by Gasteiger charge is 2.18. The Hall–Kier alpha value is -1.43. The molecule has 0 bridgehead atoms. The minimum atomic E-state index is -0.241. The molecule has 3 rings (SSSR count). The zero-order valence-corrected chi connectivity index (χ0v) is 12.8. The Morgan fingerprint density at radius 3 is 2.55 bits per heavy atom. The molecule has 1 amide bonds. The van der Waals surface area contributed by atoms with Gasteiger partial charge in [0.05, 0.1) is 19.3 Å². The van der Waals surface area contributed by atoms with Crippen LogP contribution < -0.4 is 5.32 Å². The molecule has 0 spiro atoms. The van der Waals surface area contributed by atoms with Gasteiger partial charge in [0.25, 0.3) is 0 Å². The standard InChI is InChI=1S/C17H23NO4/c19-16(8-7-15-2-1-9-20-15)18-12-13-3-5-14(6-4-13)17-21-10-11-22-17/h3-6,15,17H,1-2,7-12H2,(H,18,19). The molecular weight excluding hydrogens is 282 g/mol. The lowest BCUT2D eigenvalue weighted by Crippen LogP contribution is -2.23. The average Bonchev–Trinajstić information content (AvgIpc) is 3.24. The quantitative estimate of drug-likeness (QED) is 0.876. The van der Waals surface area contributed by atoms with Crippen molar-refractivity contribution in [1.82, 2.24) is 5.32 Å². The number of nitrogens with one attached hydrogen (secondary N) is 1. The predicted molar refractivity (Wildman–Crippen MR) is 81.1 cm³/mol. The van der Waals surface area contributed by atoms with E-state index < -0.39 is 0 Å². The van der Waals surface area contributed by atoms with E-state index >= 15 is 0 Å². The van der Waals surface area contributed by atoms with Gasteiger partial charge in [-0.05, 0) is 24.8 Å². The first-order chi connectivity index (χ1) is 10.8. The number of rotatable bonds is 6. The number of carbonyl (C=O) groups is 1. The first kappa shape index (κ1) is 15.5. The first-order valence-electron chi connectivity index (χ1n) is 8.01. The van der Waals surface area contributed by atoms with Crippen LogP contribution in [0.4, 0.5) is 0 Å².